The topological polar surface area (TPSA) is 77.8 Å². The van der Waals surface area contributed by atoms with E-state index in [0.717, 1.165) is 19.3 Å². The van der Waals surface area contributed by atoms with Crippen LogP contribution in [0.2, 0.25) is 0 Å². The summed E-state index contributed by atoms with van der Waals surface area (Å²) in [7, 11) is 0. The Morgan fingerprint density at radius 1 is 1.21 bits per heavy atom. The normalized spacial score (nSPS) is 15.1. The molecule has 0 amide bonds. The molecule has 2 atom stereocenters. The van der Waals surface area contributed by atoms with Crippen LogP contribution in [-0.2, 0) is 4.79 Å². The first-order chi connectivity index (χ1) is 6.56. The second kappa shape index (κ2) is 7.76. The molecule has 4 heteroatoms. The zero-order valence-corrected chi connectivity index (χ0v) is 8.65. The summed E-state index contributed by atoms with van der Waals surface area (Å²) >= 11 is 0. The maximum Gasteiger partial charge on any atom is 0.305 e. The highest BCUT2D eigenvalue weighted by Crippen LogP contribution is 2.10. The number of aliphatic hydroxyl groups excluding tert-OH is 2. The number of carboxylic acid groups (broad SMARTS) is 1. The molecule has 0 fully saturated rings. The van der Waals surface area contributed by atoms with Crippen molar-refractivity contribution < 1.29 is 20.1 Å². The van der Waals surface area contributed by atoms with Crippen LogP contribution in [0.25, 0.3) is 0 Å². The van der Waals surface area contributed by atoms with Crippen LogP contribution in [0.5, 0.6) is 0 Å². The molecule has 0 aromatic heterocycles. The monoisotopic (exact) mass is 204 g/mol. The molecule has 0 aliphatic carbocycles. The molecule has 84 valence electrons. The Morgan fingerprint density at radius 3 is 2.36 bits per heavy atom. The van der Waals surface area contributed by atoms with E-state index < -0.39 is 18.2 Å². The summed E-state index contributed by atoms with van der Waals surface area (Å²) in [5.74, 6) is -1.03. The Labute approximate surface area is 84.6 Å². The van der Waals surface area contributed by atoms with Crippen molar-refractivity contribution in [1.29, 1.82) is 0 Å². The number of carboxylic acids is 1. The van der Waals surface area contributed by atoms with Crippen LogP contribution in [0, 0.1) is 0 Å². The molecule has 0 aliphatic heterocycles. The third kappa shape index (κ3) is 8.01. The van der Waals surface area contributed by atoms with E-state index in [1.165, 1.54) is 0 Å². The van der Waals surface area contributed by atoms with Crippen LogP contribution in [-0.4, -0.2) is 33.5 Å². The molecule has 0 aliphatic rings. The smallest absolute Gasteiger partial charge is 0.305 e. The first-order valence-electron chi connectivity index (χ1n) is 5.14. The molecule has 0 spiro atoms. The minimum absolute atomic E-state index is 0.163. The summed E-state index contributed by atoms with van der Waals surface area (Å²) in [4.78, 5) is 10.2. The van der Waals surface area contributed by atoms with E-state index in [0.29, 0.717) is 6.42 Å². The molecule has 0 saturated carbocycles. The largest absolute Gasteiger partial charge is 0.481 e. The van der Waals surface area contributed by atoms with Crippen LogP contribution in [0.15, 0.2) is 0 Å². The highest BCUT2D eigenvalue weighted by atomic mass is 16.4. The third-order valence-electron chi connectivity index (χ3n) is 2.10. The van der Waals surface area contributed by atoms with Crippen molar-refractivity contribution >= 4 is 5.97 Å². The van der Waals surface area contributed by atoms with Crippen LogP contribution in [0.4, 0.5) is 0 Å². The molecular weight excluding hydrogens is 184 g/mol. The molecule has 0 saturated heterocycles. The number of carbonyl (C=O) groups is 1. The summed E-state index contributed by atoms with van der Waals surface area (Å²) in [5, 5.41) is 27.0. The van der Waals surface area contributed by atoms with E-state index in [9.17, 15) is 15.0 Å². The van der Waals surface area contributed by atoms with Crippen molar-refractivity contribution in [2.45, 2.75) is 57.7 Å². The van der Waals surface area contributed by atoms with Gasteiger partial charge in [0.1, 0.15) is 0 Å². The second-order valence-electron chi connectivity index (χ2n) is 3.64. The van der Waals surface area contributed by atoms with Crippen molar-refractivity contribution in [1.82, 2.24) is 0 Å². The fourth-order valence-electron chi connectivity index (χ4n) is 1.35. The first-order valence-corrected chi connectivity index (χ1v) is 5.14. The van der Waals surface area contributed by atoms with Crippen molar-refractivity contribution in [3.05, 3.63) is 0 Å². The predicted octanol–water partition coefficient (Wildman–Crippen LogP) is 1.15. The lowest BCUT2D eigenvalue weighted by molar-refractivity contribution is -0.139. The van der Waals surface area contributed by atoms with Gasteiger partial charge in [-0.15, -0.1) is 0 Å². The van der Waals surface area contributed by atoms with Crippen molar-refractivity contribution in [2.75, 3.05) is 0 Å². The number of unbranched alkanes of at least 4 members (excludes halogenated alkanes) is 2. The summed E-state index contributed by atoms with van der Waals surface area (Å²) in [6.45, 7) is 2.08. The molecule has 4 nitrogen and oxygen atoms in total. The van der Waals surface area contributed by atoms with E-state index in [-0.39, 0.29) is 12.8 Å². The first kappa shape index (κ1) is 13.4. The van der Waals surface area contributed by atoms with E-state index in [1.807, 2.05) is 0 Å². The van der Waals surface area contributed by atoms with Gasteiger partial charge in [-0.25, -0.2) is 0 Å². The molecule has 0 bridgehead atoms. The molecular formula is C10H20O4. The van der Waals surface area contributed by atoms with Gasteiger partial charge in [-0.2, -0.15) is 0 Å². The van der Waals surface area contributed by atoms with Crippen LogP contribution < -0.4 is 0 Å². The fourth-order valence-corrected chi connectivity index (χ4v) is 1.35. The lowest BCUT2D eigenvalue weighted by Crippen LogP contribution is -2.20. The van der Waals surface area contributed by atoms with Crippen LogP contribution in [0.3, 0.4) is 0 Å². The number of rotatable bonds is 8. The second-order valence-corrected chi connectivity index (χ2v) is 3.64. The maximum atomic E-state index is 10.2. The molecule has 0 aromatic carbocycles. The van der Waals surface area contributed by atoms with Crippen molar-refractivity contribution in [2.24, 2.45) is 0 Å². The molecule has 3 N–H and O–H groups in total. The van der Waals surface area contributed by atoms with E-state index >= 15 is 0 Å². The number of hydrogen-bond acceptors (Lipinski definition) is 3. The lowest BCUT2D eigenvalue weighted by atomic mass is 10.0. The Bertz CT molecular complexity index is 158. The van der Waals surface area contributed by atoms with Crippen LogP contribution >= 0.6 is 0 Å². The summed E-state index contributed by atoms with van der Waals surface area (Å²) in [6, 6.07) is 0. The van der Waals surface area contributed by atoms with Crippen molar-refractivity contribution in [3.63, 3.8) is 0 Å². The molecule has 0 heterocycles. The van der Waals surface area contributed by atoms with Gasteiger partial charge in [-0.05, 0) is 12.8 Å². The van der Waals surface area contributed by atoms with E-state index in [1.54, 1.807) is 0 Å². The van der Waals surface area contributed by atoms with Gasteiger partial charge < -0.3 is 15.3 Å². The summed E-state index contributed by atoms with van der Waals surface area (Å²) in [5.41, 5.74) is 0. The molecule has 2 unspecified atom stereocenters. The van der Waals surface area contributed by atoms with Gasteiger partial charge in [0.15, 0.2) is 0 Å². The maximum absolute atomic E-state index is 10.2. The Hall–Kier alpha value is -0.610. The fraction of sp³-hybridized carbons (Fsp3) is 0.900. The zero-order chi connectivity index (χ0) is 11.0. The van der Waals surface area contributed by atoms with Gasteiger partial charge in [-0.1, -0.05) is 26.2 Å². The van der Waals surface area contributed by atoms with E-state index in [2.05, 4.69) is 6.92 Å². The number of aliphatic hydroxyl groups is 2. The number of aliphatic carboxylic acids is 1. The zero-order valence-electron chi connectivity index (χ0n) is 8.65. The SMILES string of the molecule is CCCCCC(O)CC(O)CC(=O)O. The van der Waals surface area contributed by atoms with Gasteiger partial charge in [0.05, 0.1) is 18.6 Å². The lowest BCUT2D eigenvalue weighted by Gasteiger charge is -2.13. The average Bonchev–Trinajstić information content (AvgIpc) is 2.02. The third-order valence-corrected chi connectivity index (χ3v) is 2.10. The molecule has 0 rings (SSSR count). The Morgan fingerprint density at radius 2 is 1.86 bits per heavy atom. The van der Waals surface area contributed by atoms with Crippen molar-refractivity contribution in [3.8, 4) is 0 Å². The molecule has 0 aromatic rings. The number of hydrogen-bond donors (Lipinski definition) is 3. The highest BCUT2D eigenvalue weighted by molar-refractivity contribution is 5.67. The Kier molecular flexibility index (Phi) is 7.42. The predicted molar refractivity (Wildman–Crippen MR) is 53.0 cm³/mol. The Balaban J connectivity index is 3.49. The summed E-state index contributed by atoms with van der Waals surface area (Å²) in [6.07, 6.45) is 2.10. The van der Waals surface area contributed by atoms with Gasteiger partial charge in [-0.3, -0.25) is 4.79 Å². The molecule has 14 heavy (non-hydrogen) atoms. The van der Waals surface area contributed by atoms with Gasteiger partial charge in [0.2, 0.25) is 0 Å². The van der Waals surface area contributed by atoms with E-state index in [4.69, 9.17) is 5.11 Å². The minimum Gasteiger partial charge on any atom is -0.481 e. The minimum atomic E-state index is -1.03. The van der Waals surface area contributed by atoms with Gasteiger partial charge in [0.25, 0.3) is 0 Å². The standard InChI is InChI=1S/C10H20O4/c1-2-3-4-5-8(11)6-9(12)7-10(13)14/h8-9,11-12H,2-7H2,1H3,(H,13,14). The highest BCUT2D eigenvalue weighted by Gasteiger charge is 2.14. The summed E-state index contributed by atoms with van der Waals surface area (Å²) < 4.78 is 0. The quantitative estimate of drug-likeness (QED) is 0.518. The van der Waals surface area contributed by atoms with Gasteiger partial charge >= 0.3 is 5.97 Å². The average molecular weight is 204 g/mol. The molecule has 0 radical (unpaired) electrons. The van der Waals surface area contributed by atoms with Gasteiger partial charge in [0, 0.05) is 0 Å². The van der Waals surface area contributed by atoms with Crippen LogP contribution in [0.1, 0.15) is 45.4 Å².